The van der Waals surface area contributed by atoms with Crippen molar-refractivity contribution in [2.24, 2.45) is 5.92 Å². The zero-order valence-electron chi connectivity index (χ0n) is 11.3. The van der Waals surface area contributed by atoms with Crippen LogP contribution < -0.4 is 5.32 Å². The van der Waals surface area contributed by atoms with Crippen LogP contribution in [0, 0.1) is 5.92 Å². The molecule has 6 nitrogen and oxygen atoms in total. The first-order valence-electron chi connectivity index (χ1n) is 6.25. The Morgan fingerprint density at radius 3 is 2.22 bits per heavy atom. The van der Waals surface area contributed by atoms with Gasteiger partial charge in [0.25, 0.3) is 0 Å². The minimum atomic E-state index is -0.911. The predicted octanol–water partition coefficient (Wildman–Crippen LogP) is 0.914. The smallest absolute Gasteiger partial charge is 0.317 e. The number of hydrogen-bond acceptors (Lipinski definition) is 3. The van der Waals surface area contributed by atoms with Gasteiger partial charge in [-0.1, -0.05) is 0 Å². The second-order valence-electron chi connectivity index (χ2n) is 5.03. The van der Waals surface area contributed by atoms with Gasteiger partial charge in [-0.25, -0.2) is 4.79 Å². The summed E-state index contributed by atoms with van der Waals surface area (Å²) in [5, 5.41) is 11.6. The summed E-state index contributed by atoms with van der Waals surface area (Å²) < 4.78 is 5.54. The summed E-state index contributed by atoms with van der Waals surface area (Å²) in [7, 11) is 0. The summed E-state index contributed by atoms with van der Waals surface area (Å²) >= 11 is 0. The van der Waals surface area contributed by atoms with E-state index < -0.39 is 17.9 Å². The number of morpholine rings is 1. The largest absolute Gasteiger partial charge is 0.481 e. The lowest BCUT2D eigenvalue weighted by atomic mass is 10.0. The van der Waals surface area contributed by atoms with E-state index in [-0.39, 0.29) is 18.2 Å². The van der Waals surface area contributed by atoms with E-state index in [1.54, 1.807) is 18.7 Å². The van der Waals surface area contributed by atoms with Gasteiger partial charge in [-0.3, -0.25) is 4.79 Å². The van der Waals surface area contributed by atoms with Gasteiger partial charge in [0.1, 0.15) is 0 Å². The van der Waals surface area contributed by atoms with E-state index in [0.717, 1.165) is 0 Å². The Balaban J connectivity index is 2.52. The highest BCUT2D eigenvalue weighted by Gasteiger charge is 2.28. The molecule has 0 bridgehead atoms. The van der Waals surface area contributed by atoms with Gasteiger partial charge < -0.3 is 20.1 Å². The maximum atomic E-state index is 12.0. The molecule has 1 aliphatic rings. The van der Waals surface area contributed by atoms with Crippen molar-refractivity contribution in [3.8, 4) is 0 Å². The SMILES string of the molecule is CC1CN(C(=O)NC(C)C(C)C(=O)O)CC(C)O1. The number of carbonyl (C=O) groups excluding carboxylic acids is 1. The number of carboxylic acids is 1. The molecule has 2 amide bonds. The molecule has 4 unspecified atom stereocenters. The topological polar surface area (TPSA) is 78.9 Å². The lowest BCUT2D eigenvalue weighted by Crippen LogP contribution is -2.54. The molecule has 2 N–H and O–H groups in total. The Labute approximate surface area is 107 Å². The van der Waals surface area contributed by atoms with Crippen LogP contribution in [0.5, 0.6) is 0 Å². The van der Waals surface area contributed by atoms with Gasteiger partial charge in [0.2, 0.25) is 0 Å². The van der Waals surface area contributed by atoms with Crippen molar-refractivity contribution in [2.45, 2.75) is 45.9 Å². The highest BCUT2D eigenvalue weighted by molar-refractivity contribution is 5.76. The average molecular weight is 258 g/mol. The molecule has 0 aliphatic carbocycles. The quantitative estimate of drug-likeness (QED) is 0.788. The number of rotatable bonds is 3. The van der Waals surface area contributed by atoms with Crippen molar-refractivity contribution in [3.63, 3.8) is 0 Å². The van der Waals surface area contributed by atoms with Crippen LogP contribution in [0.1, 0.15) is 27.7 Å². The number of carbonyl (C=O) groups is 2. The molecule has 0 saturated carbocycles. The number of carboxylic acid groups (broad SMARTS) is 1. The molecule has 0 aromatic carbocycles. The highest BCUT2D eigenvalue weighted by Crippen LogP contribution is 2.11. The second-order valence-corrected chi connectivity index (χ2v) is 5.03. The Morgan fingerprint density at radius 2 is 1.78 bits per heavy atom. The Kier molecular flexibility index (Phi) is 4.95. The number of hydrogen-bond donors (Lipinski definition) is 2. The third-order valence-electron chi connectivity index (χ3n) is 3.20. The summed E-state index contributed by atoms with van der Waals surface area (Å²) in [5.41, 5.74) is 0. The van der Waals surface area contributed by atoms with E-state index >= 15 is 0 Å². The maximum absolute atomic E-state index is 12.0. The van der Waals surface area contributed by atoms with Crippen LogP contribution >= 0.6 is 0 Å². The lowest BCUT2D eigenvalue weighted by Gasteiger charge is -2.36. The number of ether oxygens (including phenoxy) is 1. The van der Waals surface area contributed by atoms with E-state index in [2.05, 4.69) is 5.32 Å². The van der Waals surface area contributed by atoms with Crippen molar-refractivity contribution < 1.29 is 19.4 Å². The molecule has 0 aromatic rings. The molecule has 18 heavy (non-hydrogen) atoms. The minimum Gasteiger partial charge on any atom is -0.481 e. The molecule has 1 saturated heterocycles. The molecular formula is C12H22N2O4. The van der Waals surface area contributed by atoms with Gasteiger partial charge in [0.15, 0.2) is 0 Å². The molecule has 104 valence electrons. The second kappa shape index (κ2) is 6.04. The van der Waals surface area contributed by atoms with E-state index in [1.165, 1.54) is 0 Å². The Hall–Kier alpha value is -1.30. The monoisotopic (exact) mass is 258 g/mol. The van der Waals surface area contributed by atoms with Crippen molar-refractivity contribution in [1.82, 2.24) is 10.2 Å². The first-order valence-corrected chi connectivity index (χ1v) is 6.25. The molecule has 0 aromatic heterocycles. The van der Waals surface area contributed by atoms with Crippen LogP contribution in [0.4, 0.5) is 4.79 Å². The van der Waals surface area contributed by atoms with Crippen LogP contribution in [0.3, 0.4) is 0 Å². The van der Waals surface area contributed by atoms with E-state index in [9.17, 15) is 9.59 Å². The molecular weight excluding hydrogens is 236 g/mol. The summed E-state index contributed by atoms with van der Waals surface area (Å²) in [6.07, 6.45) is 0.0124. The molecule has 1 fully saturated rings. The summed E-state index contributed by atoms with van der Waals surface area (Å²) in [6.45, 7) is 8.18. The number of urea groups is 1. The standard InChI is InChI=1S/C12H22N2O4/c1-7-5-14(6-8(2)18-7)12(17)13-10(4)9(3)11(15)16/h7-10H,5-6H2,1-4H3,(H,13,17)(H,15,16). The summed E-state index contributed by atoms with van der Waals surface area (Å²) in [6, 6.07) is -0.624. The molecule has 4 atom stereocenters. The van der Waals surface area contributed by atoms with Crippen molar-refractivity contribution in [1.29, 1.82) is 0 Å². The third-order valence-corrected chi connectivity index (χ3v) is 3.20. The van der Waals surface area contributed by atoms with Gasteiger partial charge in [-0.2, -0.15) is 0 Å². The van der Waals surface area contributed by atoms with Crippen LogP contribution in [0.15, 0.2) is 0 Å². The molecule has 0 radical (unpaired) electrons. The third kappa shape index (κ3) is 3.87. The first-order chi connectivity index (χ1) is 8.31. The normalized spacial score (nSPS) is 27.4. The molecule has 0 spiro atoms. The van der Waals surface area contributed by atoms with Gasteiger partial charge in [-0.05, 0) is 27.7 Å². The van der Waals surface area contributed by atoms with E-state index in [1.807, 2.05) is 13.8 Å². The van der Waals surface area contributed by atoms with E-state index in [0.29, 0.717) is 13.1 Å². The molecule has 1 aliphatic heterocycles. The molecule has 1 heterocycles. The van der Waals surface area contributed by atoms with Crippen LogP contribution in [-0.2, 0) is 9.53 Å². The van der Waals surface area contributed by atoms with Crippen molar-refractivity contribution in [3.05, 3.63) is 0 Å². The van der Waals surface area contributed by atoms with Crippen LogP contribution in [-0.4, -0.2) is 53.3 Å². The minimum absolute atomic E-state index is 0.00621. The number of aliphatic carboxylic acids is 1. The van der Waals surface area contributed by atoms with Gasteiger partial charge in [-0.15, -0.1) is 0 Å². The molecule has 1 rings (SSSR count). The zero-order chi connectivity index (χ0) is 13.9. The Bertz CT molecular complexity index is 311. The maximum Gasteiger partial charge on any atom is 0.317 e. The van der Waals surface area contributed by atoms with Crippen LogP contribution in [0.25, 0.3) is 0 Å². The fourth-order valence-electron chi connectivity index (χ4n) is 1.97. The Morgan fingerprint density at radius 1 is 1.28 bits per heavy atom. The average Bonchev–Trinajstić information content (AvgIpc) is 2.26. The lowest BCUT2D eigenvalue weighted by molar-refractivity contribution is -0.141. The summed E-state index contributed by atoms with van der Waals surface area (Å²) in [4.78, 5) is 24.5. The number of amides is 2. The fraction of sp³-hybridized carbons (Fsp3) is 0.833. The zero-order valence-corrected chi connectivity index (χ0v) is 11.3. The van der Waals surface area contributed by atoms with Crippen molar-refractivity contribution in [2.75, 3.05) is 13.1 Å². The van der Waals surface area contributed by atoms with Crippen LogP contribution in [0.2, 0.25) is 0 Å². The van der Waals surface area contributed by atoms with Crippen molar-refractivity contribution >= 4 is 12.0 Å². The van der Waals surface area contributed by atoms with E-state index in [4.69, 9.17) is 9.84 Å². The molecule has 6 heteroatoms. The predicted molar refractivity (Wildman–Crippen MR) is 66.4 cm³/mol. The number of nitrogens with zero attached hydrogens (tertiary/aromatic N) is 1. The van der Waals surface area contributed by atoms with Gasteiger partial charge in [0, 0.05) is 19.1 Å². The van der Waals surface area contributed by atoms with Gasteiger partial charge >= 0.3 is 12.0 Å². The number of nitrogens with one attached hydrogen (secondary N) is 1. The fourth-order valence-corrected chi connectivity index (χ4v) is 1.97. The van der Waals surface area contributed by atoms with Gasteiger partial charge in [0.05, 0.1) is 18.1 Å². The first kappa shape index (κ1) is 14.8. The summed E-state index contributed by atoms with van der Waals surface area (Å²) in [5.74, 6) is -1.52. The highest BCUT2D eigenvalue weighted by atomic mass is 16.5.